The number of nitrogens with one attached hydrogen (secondary N) is 1. The predicted octanol–water partition coefficient (Wildman–Crippen LogP) is 3.37. The first-order chi connectivity index (χ1) is 13.2. The smallest absolute Gasteiger partial charge is 0.269 e. The van der Waals surface area contributed by atoms with Crippen LogP contribution in [0.15, 0.2) is 59.8 Å². The lowest BCUT2D eigenvalue weighted by atomic mass is 10.0. The fourth-order valence-electron chi connectivity index (χ4n) is 3.38. The summed E-state index contributed by atoms with van der Waals surface area (Å²) in [6, 6.07) is 17.9. The van der Waals surface area contributed by atoms with Gasteiger partial charge in [-0.15, -0.1) is 0 Å². The standard InChI is InChI=1S/C21H22N4O2/c1-15-23-17-10-5-6-11-19(17)25(15)13-7-12-22-21(26)18-14-20(27-24-18)16-8-3-2-4-9-16/h2-6,8-11,20H,7,12-14H2,1H3,(H,22,26). The van der Waals surface area contributed by atoms with Gasteiger partial charge in [-0.1, -0.05) is 47.6 Å². The average molecular weight is 362 g/mol. The number of carbonyl (C=O) groups is 1. The van der Waals surface area contributed by atoms with Crippen LogP contribution in [-0.4, -0.2) is 27.7 Å². The van der Waals surface area contributed by atoms with E-state index in [0.717, 1.165) is 35.4 Å². The zero-order chi connectivity index (χ0) is 18.6. The highest BCUT2D eigenvalue weighted by Gasteiger charge is 2.26. The molecule has 6 nitrogen and oxygen atoms in total. The van der Waals surface area contributed by atoms with E-state index < -0.39 is 0 Å². The molecule has 0 radical (unpaired) electrons. The third-order valence-electron chi connectivity index (χ3n) is 4.79. The Kier molecular flexibility index (Phi) is 4.87. The molecule has 4 rings (SSSR count). The van der Waals surface area contributed by atoms with Crippen LogP contribution in [0.5, 0.6) is 0 Å². The Morgan fingerprint density at radius 1 is 1.19 bits per heavy atom. The number of aryl methyl sites for hydroxylation is 2. The van der Waals surface area contributed by atoms with E-state index in [1.807, 2.05) is 55.5 Å². The summed E-state index contributed by atoms with van der Waals surface area (Å²) in [6.07, 6.45) is 1.15. The van der Waals surface area contributed by atoms with E-state index in [0.29, 0.717) is 18.7 Å². The van der Waals surface area contributed by atoms with E-state index in [1.54, 1.807) is 0 Å². The largest absolute Gasteiger partial charge is 0.387 e. The molecule has 0 aliphatic carbocycles. The van der Waals surface area contributed by atoms with Crippen molar-refractivity contribution in [1.82, 2.24) is 14.9 Å². The summed E-state index contributed by atoms with van der Waals surface area (Å²) in [5.74, 6) is 0.836. The van der Waals surface area contributed by atoms with Crippen LogP contribution in [0.2, 0.25) is 0 Å². The van der Waals surface area contributed by atoms with Crippen molar-refractivity contribution in [2.45, 2.75) is 32.4 Å². The summed E-state index contributed by atoms with van der Waals surface area (Å²) in [6.45, 7) is 3.40. The van der Waals surface area contributed by atoms with Gasteiger partial charge in [-0.05, 0) is 31.0 Å². The van der Waals surface area contributed by atoms with Crippen LogP contribution in [0.4, 0.5) is 0 Å². The Hall–Kier alpha value is -3.15. The summed E-state index contributed by atoms with van der Waals surface area (Å²) < 4.78 is 2.18. The lowest BCUT2D eigenvalue weighted by Crippen LogP contribution is -2.31. The maximum absolute atomic E-state index is 12.3. The van der Waals surface area contributed by atoms with E-state index in [4.69, 9.17) is 4.84 Å². The van der Waals surface area contributed by atoms with E-state index in [9.17, 15) is 4.79 Å². The van der Waals surface area contributed by atoms with Gasteiger partial charge in [0.05, 0.1) is 11.0 Å². The number of para-hydroxylation sites is 2. The van der Waals surface area contributed by atoms with Crippen LogP contribution >= 0.6 is 0 Å². The number of carbonyl (C=O) groups excluding carboxylic acids is 1. The number of rotatable bonds is 6. The summed E-state index contributed by atoms with van der Waals surface area (Å²) in [5, 5.41) is 6.91. The van der Waals surface area contributed by atoms with E-state index >= 15 is 0 Å². The van der Waals surface area contributed by atoms with Crippen molar-refractivity contribution in [1.29, 1.82) is 0 Å². The van der Waals surface area contributed by atoms with Crippen molar-refractivity contribution < 1.29 is 9.63 Å². The fraction of sp³-hybridized carbons (Fsp3) is 0.286. The molecule has 1 atom stereocenters. The highest BCUT2D eigenvalue weighted by molar-refractivity contribution is 6.39. The molecule has 2 aromatic carbocycles. The minimum Gasteiger partial charge on any atom is -0.387 e. The topological polar surface area (TPSA) is 68.5 Å². The van der Waals surface area contributed by atoms with Gasteiger partial charge in [-0.2, -0.15) is 0 Å². The molecule has 0 saturated heterocycles. The minimum atomic E-state index is -0.174. The Labute approximate surface area is 157 Å². The number of oxime groups is 1. The van der Waals surface area contributed by atoms with Gasteiger partial charge in [-0.3, -0.25) is 4.79 Å². The van der Waals surface area contributed by atoms with Crippen molar-refractivity contribution in [2.75, 3.05) is 6.54 Å². The maximum Gasteiger partial charge on any atom is 0.269 e. The van der Waals surface area contributed by atoms with Crippen LogP contribution in [-0.2, 0) is 16.2 Å². The Morgan fingerprint density at radius 3 is 2.81 bits per heavy atom. The van der Waals surface area contributed by atoms with Gasteiger partial charge in [0.15, 0.2) is 6.10 Å². The van der Waals surface area contributed by atoms with Crippen molar-refractivity contribution >= 4 is 22.7 Å². The lowest BCUT2D eigenvalue weighted by molar-refractivity contribution is -0.114. The molecule has 138 valence electrons. The molecule has 0 bridgehead atoms. The van der Waals surface area contributed by atoms with Gasteiger partial charge in [0.1, 0.15) is 11.5 Å². The molecule has 2 heterocycles. The number of imidazole rings is 1. The van der Waals surface area contributed by atoms with Crippen LogP contribution in [0.25, 0.3) is 11.0 Å². The van der Waals surface area contributed by atoms with Gasteiger partial charge < -0.3 is 14.7 Å². The molecule has 1 aliphatic rings. The van der Waals surface area contributed by atoms with Crippen molar-refractivity contribution in [3.05, 3.63) is 66.0 Å². The first-order valence-electron chi connectivity index (χ1n) is 9.20. The number of hydrogen-bond donors (Lipinski definition) is 1. The zero-order valence-corrected chi connectivity index (χ0v) is 15.3. The summed E-state index contributed by atoms with van der Waals surface area (Å²) in [4.78, 5) is 22.3. The lowest BCUT2D eigenvalue weighted by Gasteiger charge is -2.08. The van der Waals surface area contributed by atoms with Gasteiger partial charge >= 0.3 is 0 Å². The molecule has 1 aliphatic heterocycles. The minimum absolute atomic E-state index is 0.152. The van der Waals surface area contributed by atoms with E-state index in [-0.39, 0.29) is 12.0 Å². The van der Waals surface area contributed by atoms with Crippen LogP contribution in [0, 0.1) is 6.92 Å². The molecular weight excluding hydrogens is 340 g/mol. The van der Waals surface area contributed by atoms with E-state index in [2.05, 4.69) is 26.1 Å². The number of fused-ring (bicyclic) bond motifs is 1. The first-order valence-corrected chi connectivity index (χ1v) is 9.20. The normalized spacial score (nSPS) is 16.2. The number of benzene rings is 2. The van der Waals surface area contributed by atoms with Crippen molar-refractivity contribution in [2.24, 2.45) is 5.16 Å². The molecule has 1 amide bonds. The second kappa shape index (κ2) is 7.61. The summed E-state index contributed by atoms with van der Waals surface area (Å²) in [5.41, 5.74) is 3.61. The molecule has 6 heteroatoms. The van der Waals surface area contributed by atoms with Crippen molar-refractivity contribution in [3.8, 4) is 0 Å². The third-order valence-corrected chi connectivity index (χ3v) is 4.79. The second-order valence-corrected chi connectivity index (χ2v) is 6.66. The number of aromatic nitrogens is 2. The number of hydrogen-bond acceptors (Lipinski definition) is 4. The van der Waals surface area contributed by atoms with Gasteiger partial charge in [0, 0.05) is 19.5 Å². The second-order valence-electron chi connectivity index (χ2n) is 6.66. The average Bonchev–Trinajstić information content (AvgIpc) is 3.31. The Balaban J connectivity index is 1.27. The molecule has 1 aromatic heterocycles. The summed E-state index contributed by atoms with van der Waals surface area (Å²) in [7, 11) is 0. The number of amides is 1. The summed E-state index contributed by atoms with van der Waals surface area (Å²) >= 11 is 0. The van der Waals surface area contributed by atoms with E-state index in [1.165, 1.54) is 0 Å². The highest BCUT2D eigenvalue weighted by atomic mass is 16.6. The first kappa shape index (κ1) is 17.3. The van der Waals surface area contributed by atoms with Gasteiger partial charge in [-0.25, -0.2) is 4.98 Å². The number of nitrogens with zero attached hydrogens (tertiary/aromatic N) is 3. The van der Waals surface area contributed by atoms with Crippen LogP contribution in [0.1, 0.15) is 30.3 Å². The van der Waals surface area contributed by atoms with Crippen molar-refractivity contribution in [3.63, 3.8) is 0 Å². The fourth-order valence-corrected chi connectivity index (χ4v) is 3.38. The SMILES string of the molecule is Cc1nc2ccccc2n1CCCNC(=O)C1=NOC(c2ccccc2)C1. The molecule has 3 aromatic rings. The molecule has 1 N–H and O–H groups in total. The molecule has 0 fully saturated rings. The van der Waals surface area contributed by atoms with Crippen LogP contribution in [0.3, 0.4) is 0 Å². The van der Waals surface area contributed by atoms with Crippen LogP contribution < -0.4 is 5.32 Å². The monoisotopic (exact) mass is 362 g/mol. The quantitative estimate of drug-likeness (QED) is 0.684. The molecular formula is C21H22N4O2. The molecule has 27 heavy (non-hydrogen) atoms. The third kappa shape index (κ3) is 3.69. The molecule has 1 unspecified atom stereocenters. The molecule has 0 saturated carbocycles. The van der Waals surface area contributed by atoms with Gasteiger partial charge in [0.2, 0.25) is 0 Å². The maximum atomic E-state index is 12.3. The predicted molar refractivity (Wildman–Crippen MR) is 104 cm³/mol. The highest BCUT2D eigenvalue weighted by Crippen LogP contribution is 2.26. The van der Waals surface area contributed by atoms with Gasteiger partial charge in [0.25, 0.3) is 5.91 Å². The molecule has 0 spiro atoms. The zero-order valence-electron chi connectivity index (χ0n) is 15.3. The Bertz CT molecular complexity index is 978. The Morgan fingerprint density at radius 2 is 1.96 bits per heavy atom.